The largest absolute Gasteiger partial charge is 0.465 e. The standard InChI is InChI=1S/C19H19F3N2O3S/c20-19(21,22)28-17-6-4-15(5-7-17)27-16-3-1-2-14(12-16)13-23-8-10-24(11-9-23)18(25)26/h1-7,12H,8-11,13H2,(H,25,26). The molecule has 1 aliphatic heterocycles. The van der Waals surface area contributed by atoms with Gasteiger partial charge in [0.1, 0.15) is 11.5 Å². The van der Waals surface area contributed by atoms with Crippen LogP contribution in [0.3, 0.4) is 0 Å². The number of halogens is 3. The summed E-state index contributed by atoms with van der Waals surface area (Å²) in [6.45, 7) is 2.96. The maximum atomic E-state index is 12.4. The smallest absolute Gasteiger partial charge is 0.446 e. The number of carbonyl (C=O) groups is 1. The van der Waals surface area contributed by atoms with Crippen LogP contribution < -0.4 is 4.74 Å². The summed E-state index contributed by atoms with van der Waals surface area (Å²) in [5.41, 5.74) is -3.29. The molecule has 0 aliphatic carbocycles. The quantitative estimate of drug-likeness (QED) is 0.709. The van der Waals surface area contributed by atoms with E-state index in [1.807, 2.05) is 18.2 Å². The van der Waals surface area contributed by atoms with Gasteiger partial charge >= 0.3 is 11.6 Å². The molecule has 2 aromatic rings. The molecule has 0 bridgehead atoms. The molecule has 28 heavy (non-hydrogen) atoms. The molecular formula is C19H19F3N2O3S. The van der Waals surface area contributed by atoms with Crippen LogP contribution in [-0.2, 0) is 6.54 Å². The van der Waals surface area contributed by atoms with Crippen LogP contribution in [0.2, 0.25) is 0 Å². The summed E-state index contributed by atoms with van der Waals surface area (Å²) < 4.78 is 42.9. The molecule has 5 nitrogen and oxygen atoms in total. The third-order valence-electron chi connectivity index (χ3n) is 4.24. The molecule has 0 atom stereocenters. The molecule has 1 amide bonds. The maximum Gasteiger partial charge on any atom is 0.446 e. The molecule has 0 aromatic heterocycles. The molecule has 150 valence electrons. The second-order valence-corrected chi connectivity index (χ2v) is 7.45. The number of ether oxygens (including phenoxy) is 1. The van der Waals surface area contributed by atoms with Crippen molar-refractivity contribution < 1.29 is 27.8 Å². The van der Waals surface area contributed by atoms with Gasteiger partial charge in [0, 0.05) is 37.6 Å². The van der Waals surface area contributed by atoms with E-state index in [2.05, 4.69) is 4.90 Å². The molecule has 1 fully saturated rings. The first-order chi connectivity index (χ1) is 13.3. The van der Waals surface area contributed by atoms with Gasteiger partial charge in [-0.1, -0.05) is 12.1 Å². The molecule has 3 rings (SSSR count). The molecule has 0 saturated carbocycles. The first kappa shape index (κ1) is 20.3. The van der Waals surface area contributed by atoms with Crippen LogP contribution in [0, 0.1) is 0 Å². The minimum atomic E-state index is -4.31. The number of carboxylic acid groups (broad SMARTS) is 1. The van der Waals surface area contributed by atoms with Gasteiger partial charge in [-0.25, -0.2) is 4.79 Å². The van der Waals surface area contributed by atoms with Crippen LogP contribution in [-0.4, -0.2) is 52.7 Å². The van der Waals surface area contributed by atoms with Crippen LogP contribution >= 0.6 is 11.8 Å². The summed E-state index contributed by atoms with van der Waals surface area (Å²) in [6, 6.07) is 13.2. The van der Waals surface area contributed by atoms with Gasteiger partial charge in [0.2, 0.25) is 0 Å². The normalized spacial score (nSPS) is 15.5. The van der Waals surface area contributed by atoms with Crippen LogP contribution in [0.25, 0.3) is 0 Å². The van der Waals surface area contributed by atoms with E-state index in [1.54, 1.807) is 6.07 Å². The first-order valence-corrected chi connectivity index (χ1v) is 9.43. The highest BCUT2D eigenvalue weighted by atomic mass is 32.2. The number of amides is 1. The number of hydrogen-bond donors (Lipinski definition) is 1. The lowest BCUT2D eigenvalue weighted by Crippen LogP contribution is -2.47. The Morgan fingerprint density at radius 2 is 1.71 bits per heavy atom. The van der Waals surface area contributed by atoms with Crippen molar-refractivity contribution in [3.8, 4) is 11.5 Å². The lowest BCUT2D eigenvalue weighted by atomic mass is 10.2. The van der Waals surface area contributed by atoms with Crippen LogP contribution in [0.15, 0.2) is 53.4 Å². The molecule has 1 saturated heterocycles. The van der Waals surface area contributed by atoms with E-state index in [0.717, 1.165) is 5.56 Å². The average Bonchev–Trinajstić information content (AvgIpc) is 2.63. The minimum absolute atomic E-state index is 0.106. The number of nitrogens with zero attached hydrogens (tertiary/aromatic N) is 2. The van der Waals surface area contributed by atoms with Gasteiger partial charge in [-0.05, 0) is 53.7 Å². The lowest BCUT2D eigenvalue weighted by Gasteiger charge is -2.33. The van der Waals surface area contributed by atoms with Crippen LogP contribution in [0.4, 0.5) is 18.0 Å². The fourth-order valence-electron chi connectivity index (χ4n) is 2.91. The Kier molecular flexibility index (Phi) is 6.35. The SMILES string of the molecule is O=C(O)N1CCN(Cc2cccc(Oc3ccc(SC(F)(F)F)cc3)c2)CC1. The summed E-state index contributed by atoms with van der Waals surface area (Å²) in [5.74, 6) is 1.05. The topological polar surface area (TPSA) is 53.0 Å². The lowest BCUT2D eigenvalue weighted by molar-refractivity contribution is -0.0328. The van der Waals surface area contributed by atoms with Crippen molar-refractivity contribution in [2.75, 3.05) is 26.2 Å². The van der Waals surface area contributed by atoms with Crippen molar-refractivity contribution in [1.82, 2.24) is 9.80 Å². The number of alkyl halides is 3. The second-order valence-electron chi connectivity index (χ2n) is 6.31. The Labute approximate surface area is 164 Å². The zero-order valence-corrected chi connectivity index (χ0v) is 15.7. The zero-order valence-electron chi connectivity index (χ0n) is 14.9. The molecule has 2 aromatic carbocycles. The van der Waals surface area contributed by atoms with Crippen molar-refractivity contribution in [1.29, 1.82) is 0 Å². The number of benzene rings is 2. The molecule has 9 heteroatoms. The Morgan fingerprint density at radius 1 is 1.04 bits per heavy atom. The summed E-state index contributed by atoms with van der Waals surface area (Å²) in [7, 11) is 0. The van der Waals surface area contributed by atoms with Crippen LogP contribution in [0.5, 0.6) is 11.5 Å². The average molecular weight is 412 g/mol. The van der Waals surface area contributed by atoms with Gasteiger partial charge in [-0.2, -0.15) is 13.2 Å². The molecule has 1 aliphatic rings. The minimum Gasteiger partial charge on any atom is -0.465 e. The van der Waals surface area contributed by atoms with E-state index in [1.165, 1.54) is 29.2 Å². The van der Waals surface area contributed by atoms with E-state index in [-0.39, 0.29) is 16.7 Å². The number of rotatable bonds is 5. The molecule has 0 unspecified atom stereocenters. The Bertz CT molecular complexity index is 807. The van der Waals surface area contributed by atoms with Crippen LogP contribution in [0.1, 0.15) is 5.56 Å². The van der Waals surface area contributed by atoms with E-state index in [0.29, 0.717) is 44.2 Å². The summed E-state index contributed by atoms with van der Waals surface area (Å²) in [5, 5.41) is 9.00. The van der Waals surface area contributed by atoms with E-state index in [9.17, 15) is 18.0 Å². The Morgan fingerprint density at radius 3 is 2.32 bits per heavy atom. The third kappa shape index (κ3) is 6.07. The second kappa shape index (κ2) is 8.74. The molecule has 0 radical (unpaired) electrons. The number of hydrogen-bond acceptors (Lipinski definition) is 4. The van der Waals surface area contributed by atoms with Gasteiger partial charge in [0.25, 0.3) is 0 Å². The zero-order chi connectivity index (χ0) is 20.1. The molecular weight excluding hydrogens is 393 g/mol. The predicted molar refractivity (Wildman–Crippen MR) is 99.7 cm³/mol. The van der Waals surface area contributed by atoms with Gasteiger partial charge in [0.15, 0.2) is 0 Å². The highest BCUT2D eigenvalue weighted by molar-refractivity contribution is 8.00. The van der Waals surface area contributed by atoms with Crippen molar-refractivity contribution in [3.63, 3.8) is 0 Å². The van der Waals surface area contributed by atoms with Gasteiger partial charge < -0.3 is 14.7 Å². The molecule has 1 heterocycles. The van der Waals surface area contributed by atoms with Crippen molar-refractivity contribution in [2.45, 2.75) is 16.9 Å². The Hall–Kier alpha value is -2.39. The number of piperazine rings is 1. The summed E-state index contributed by atoms with van der Waals surface area (Å²) in [6.07, 6.45) is -0.894. The third-order valence-corrected chi connectivity index (χ3v) is 4.98. The summed E-state index contributed by atoms with van der Waals surface area (Å²) >= 11 is -0.162. The fourth-order valence-corrected chi connectivity index (χ4v) is 3.45. The van der Waals surface area contributed by atoms with Crippen molar-refractivity contribution >= 4 is 17.9 Å². The van der Waals surface area contributed by atoms with Crippen molar-refractivity contribution in [2.24, 2.45) is 0 Å². The maximum absolute atomic E-state index is 12.4. The van der Waals surface area contributed by atoms with Gasteiger partial charge in [0.05, 0.1) is 0 Å². The van der Waals surface area contributed by atoms with Gasteiger partial charge in [-0.15, -0.1) is 0 Å². The highest BCUT2D eigenvalue weighted by Crippen LogP contribution is 2.37. The monoisotopic (exact) mass is 412 g/mol. The van der Waals surface area contributed by atoms with E-state index in [4.69, 9.17) is 9.84 Å². The Balaban J connectivity index is 1.57. The van der Waals surface area contributed by atoms with E-state index >= 15 is 0 Å². The highest BCUT2D eigenvalue weighted by Gasteiger charge is 2.29. The number of thioether (sulfide) groups is 1. The molecule has 1 N–H and O–H groups in total. The van der Waals surface area contributed by atoms with Crippen molar-refractivity contribution in [3.05, 3.63) is 54.1 Å². The van der Waals surface area contributed by atoms with Gasteiger partial charge in [-0.3, -0.25) is 4.90 Å². The summed E-state index contributed by atoms with van der Waals surface area (Å²) in [4.78, 5) is 14.6. The predicted octanol–water partition coefficient (Wildman–Crippen LogP) is 4.89. The van der Waals surface area contributed by atoms with E-state index < -0.39 is 11.6 Å². The molecule has 0 spiro atoms. The first-order valence-electron chi connectivity index (χ1n) is 8.61. The fraction of sp³-hybridized carbons (Fsp3) is 0.316.